The molecule has 0 aromatic carbocycles. The maximum atomic E-state index is 4.88. The molecule has 0 atom stereocenters. The first-order valence-corrected chi connectivity index (χ1v) is 3.29. The van der Waals surface area contributed by atoms with Crippen molar-refractivity contribution in [2.24, 2.45) is 16.3 Å². The van der Waals surface area contributed by atoms with E-state index in [1.807, 2.05) is 5.01 Å². The molecule has 1 heterocycles. The molecule has 0 aliphatic carbocycles. The standard InChI is InChI=1S/C5H12N4/c6-7-8-9-4-2-1-3-5-9/h1-5H2,(H2,6,8). The van der Waals surface area contributed by atoms with Gasteiger partial charge in [0.25, 0.3) is 0 Å². The van der Waals surface area contributed by atoms with E-state index in [0.717, 1.165) is 13.1 Å². The van der Waals surface area contributed by atoms with Crippen molar-refractivity contribution in [3.63, 3.8) is 0 Å². The summed E-state index contributed by atoms with van der Waals surface area (Å²) in [7, 11) is 0. The van der Waals surface area contributed by atoms with Crippen LogP contribution in [0.2, 0.25) is 0 Å². The zero-order chi connectivity index (χ0) is 6.53. The van der Waals surface area contributed by atoms with Gasteiger partial charge in [-0.2, -0.15) is 0 Å². The van der Waals surface area contributed by atoms with Crippen LogP contribution in [0.5, 0.6) is 0 Å². The number of hydrogen-bond acceptors (Lipinski definition) is 2. The third kappa shape index (κ3) is 1.87. The van der Waals surface area contributed by atoms with Crippen LogP contribution in [0.3, 0.4) is 0 Å². The van der Waals surface area contributed by atoms with Gasteiger partial charge in [0.05, 0.1) is 0 Å². The molecule has 1 rings (SSSR count). The van der Waals surface area contributed by atoms with Crippen LogP contribution in [0.25, 0.3) is 0 Å². The molecule has 0 unspecified atom stereocenters. The van der Waals surface area contributed by atoms with Crippen LogP contribution >= 0.6 is 0 Å². The maximum Gasteiger partial charge on any atom is 0.0377 e. The van der Waals surface area contributed by atoms with Crippen LogP contribution in [0, 0.1) is 0 Å². The van der Waals surface area contributed by atoms with Crippen molar-refractivity contribution in [1.82, 2.24) is 5.01 Å². The minimum Gasteiger partial charge on any atom is -0.303 e. The Bertz CT molecular complexity index is 95.1. The third-order valence-electron chi connectivity index (χ3n) is 1.51. The molecular weight excluding hydrogens is 116 g/mol. The molecule has 1 fully saturated rings. The van der Waals surface area contributed by atoms with Gasteiger partial charge in [0, 0.05) is 13.1 Å². The molecule has 0 aromatic rings. The lowest BCUT2D eigenvalue weighted by atomic mass is 10.2. The normalized spacial score (nSPS) is 21.1. The second kappa shape index (κ2) is 3.27. The first-order chi connectivity index (χ1) is 4.43. The minimum atomic E-state index is 1.01. The summed E-state index contributed by atoms with van der Waals surface area (Å²) in [6.45, 7) is 2.03. The summed E-state index contributed by atoms with van der Waals surface area (Å²) in [6.07, 6.45) is 3.76. The number of nitrogens with two attached hydrogens (primary N) is 1. The van der Waals surface area contributed by atoms with Crippen molar-refractivity contribution < 1.29 is 0 Å². The molecule has 2 N–H and O–H groups in total. The topological polar surface area (TPSA) is 54.0 Å². The van der Waals surface area contributed by atoms with E-state index in [4.69, 9.17) is 5.84 Å². The van der Waals surface area contributed by atoms with Crippen LogP contribution in [0.15, 0.2) is 10.4 Å². The van der Waals surface area contributed by atoms with E-state index in [-0.39, 0.29) is 0 Å². The quantitative estimate of drug-likeness (QED) is 0.321. The third-order valence-corrected chi connectivity index (χ3v) is 1.51. The van der Waals surface area contributed by atoms with Crippen molar-refractivity contribution in [1.29, 1.82) is 0 Å². The summed E-state index contributed by atoms with van der Waals surface area (Å²) in [4.78, 5) is 0. The maximum absolute atomic E-state index is 4.88. The molecule has 0 aromatic heterocycles. The van der Waals surface area contributed by atoms with E-state index in [0.29, 0.717) is 0 Å². The van der Waals surface area contributed by atoms with Gasteiger partial charge in [-0.15, -0.1) is 0 Å². The predicted molar refractivity (Wildman–Crippen MR) is 34.5 cm³/mol. The van der Waals surface area contributed by atoms with Crippen molar-refractivity contribution in [2.75, 3.05) is 13.1 Å². The fraction of sp³-hybridized carbons (Fsp3) is 1.00. The Morgan fingerprint density at radius 1 is 1.11 bits per heavy atom. The van der Waals surface area contributed by atoms with Gasteiger partial charge in [-0.05, 0) is 19.3 Å². The molecule has 4 nitrogen and oxygen atoms in total. The van der Waals surface area contributed by atoms with Gasteiger partial charge in [-0.1, -0.05) is 10.4 Å². The van der Waals surface area contributed by atoms with Crippen LogP contribution in [0.1, 0.15) is 19.3 Å². The van der Waals surface area contributed by atoms with E-state index in [9.17, 15) is 0 Å². The summed E-state index contributed by atoms with van der Waals surface area (Å²) >= 11 is 0. The largest absolute Gasteiger partial charge is 0.303 e. The highest BCUT2D eigenvalue weighted by Crippen LogP contribution is 2.07. The van der Waals surface area contributed by atoms with E-state index in [2.05, 4.69) is 10.4 Å². The molecule has 0 amide bonds. The Morgan fingerprint density at radius 2 is 1.78 bits per heavy atom. The van der Waals surface area contributed by atoms with Crippen molar-refractivity contribution in [2.45, 2.75) is 19.3 Å². The Balaban J connectivity index is 2.23. The zero-order valence-electron chi connectivity index (χ0n) is 5.45. The summed E-state index contributed by atoms with van der Waals surface area (Å²) in [5.74, 6) is 4.88. The van der Waals surface area contributed by atoms with Gasteiger partial charge in [0.15, 0.2) is 0 Å². The Morgan fingerprint density at radius 3 is 2.33 bits per heavy atom. The molecule has 9 heavy (non-hydrogen) atoms. The van der Waals surface area contributed by atoms with Crippen LogP contribution in [-0.2, 0) is 0 Å². The van der Waals surface area contributed by atoms with Gasteiger partial charge in [0.2, 0.25) is 0 Å². The number of nitrogens with zero attached hydrogens (tertiary/aromatic N) is 3. The van der Waals surface area contributed by atoms with Gasteiger partial charge >= 0.3 is 0 Å². The monoisotopic (exact) mass is 128 g/mol. The molecule has 1 aliphatic heterocycles. The number of piperidine rings is 1. The van der Waals surface area contributed by atoms with Crippen molar-refractivity contribution in [3.8, 4) is 0 Å². The lowest BCUT2D eigenvalue weighted by molar-refractivity contribution is 0.221. The second-order valence-electron chi connectivity index (χ2n) is 2.22. The molecule has 52 valence electrons. The SMILES string of the molecule is NN=NN1CCCCC1. The highest BCUT2D eigenvalue weighted by atomic mass is 15.6. The Kier molecular flexibility index (Phi) is 2.30. The van der Waals surface area contributed by atoms with Gasteiger partial charge in [-0.25, -0.2) is 0 Å². The molecule has 0 bridgehead atoms. The average Bonchev–Trinajstić information content (AvgIpc) is 1.91. The lowest BCUT2D eigenvalue weighted by Crippen LogP contribution is -2.24. The van der Waals surface area contributed by atoms with E-state index >= 15 is 0 Å². The van der Waals surface area contributed by atoms with E-state index in [1.54, 1.807) is 0 Å². The Hall–Kier alpha value is -0.800. The van der Waals surface area contributed by atoms with Crippen LogP contribution in [-0.4, -0.2) is 18.1 Å². The number of rotatable bonds is 1. The predicted octanol–water partition coefficient (Wildman–Crippen LogP) is 0.713. The molecule has 0 saturated carbocycles. The first-order valence-electron chi connectivity index (χ1n) is 3.29. The smallest absolute Gasteiger partial charge is 0.0377 e. The zero-order valence-corrected chi connectivity index (χ0v) is 5.45. The Labute approximate surface area is 54.7 Å². The second-order valence-corrected chi connectivity index (χ2v) is 2.22. The highest BCUT2D eigenvalue weighted by Gasteiger charge is 2.05. The minimum absolute atomic E-state index is 1.01. The summed E-state index contributed by atoms with van der Waals surface area (Å²) in [5, 5.41) is 8.84. The fourth-order valence-electron chi connectivity index (χ4n) is 1.04. The van der Waals surface area contributed by atoms with Crippen LogP contribution < -0.4 is 5.84 Å². The molecule has 0 radical (unpaired) electrons. The van der Waals surface area contributed by atoms with E-state index < -0.39 is 0 Å². The molecule has 1 aliphatic rings. The van der Waals surface area contributed by atoms with Crippen molar-refractivity contribution >= 4 is 0 Å². The van der Waals surface area contributed by atoms with Gasteiger partial charge in [-0.3, -0.25) is 5.01 Å². The average molecular weight is 128 g/mol. The molecule has 0 spiro atoms. The number of hydrogen-bond donors (Lipinski definition) is 1. The van der Waals surface area contributed by atoms with Crippen molar-refractivity contribution in [3.05, 3.63) is 0 Å². The summed E-state index contributed by atoms with van der Waals surface area (Å²) < 4.78 is 0. The summed E-state index contributed by atoms with van der Waals surface area (Å²) in [5.41, 5.74) is 0. The lowest BCUT2D eigenvalue weighted by Gasteiger charge is -2.21. The van der Waals surface area contributed by atoms with E-state index in [1.165, 1.54) is 19.3 Å². The van der Waals surface area contributed by atoms with Gasteiger partial charge in [0.1, 0.15) is 0 Å². The highest BCUT2D eigenvalue weighted by molar-refractivity contribution is 4.58. The molecule has 1 saturated heterocycles. The molecular formula is C5H12N4. The fourth-order valence-corrected chi connectivity index (χ4v) is 1.04. The van der Waals surface area contributed by atoms with Crippen LogP contribution in [0.4, 0.5) is 0 Å². The van der Waals surface area contributed by atoms with Gasteiger partial charge < -0.3 is 5.84 Å². The molecule has 4 heteroatoms. The first kappa shape index (κ1) is 6.32. The summed E-state index contributed by atoms with van der Waals surface area (Å²) in [6, 6.07) is 0.